The smallest absolute Gasteiger partial charge is 0.410 e. The number of ether oxygens (including phenoxy) is 1. The van der Waals surface area contributed by atoms with Gasteiger partial charge in [-0.3, -0.25) is 0 Å². The van der Waals surface area contributed by atoms with Gasteiger partial charge in [-0.15, -0.1) is 11.3 Å². The Morgan fingerprint density at radius 1 is 1.43 bits per heavy atom. The van der Waals surface area contributed by atoms with Crippen molar-refractivity contribution in [1.82, 2.24) is 9.88 Å². The van der Waals surface area contributed by atoms with Gasteiger partial charge in [0.05, 0.1) is 11.2 Å². The number of rotatable bonds is 1. The van der Waals surface area contributed by atoms with Crippen molar-refractivity contribution >= 4 is 17.4 Å². The highest BCUT2D eigenvalue weighted by Gasteiger charge is 2.44. The first-order valence-corrected chi connectivity index (χ1v) is 8.62. The minimum Gasteiger partial charge on any atom is -0.444 e. The lowest BCUT2D eigenvalue weighted by molar-refractivity contribution is -0.0177. The van der Waals surface area contributed by atoms with Crippen molar-refractivity contribution < 1.29 is 9.53 Å². The number of hydrogen-bond acceptors (Lipinski definition) is 4. The van der Waals surface area contributed by atoms with Crippen LogP contribution in [0, 0.1) is 12.8 Å². The van der Waals surface area contributed by atoms with Crippen molar-refractivity contribution in [3.8, 4) is 0 Å². The molecule has 0 radical (unpaired) electrons. The predicted octanol–water partition coefficient (Wildman–Crippen LogP) is 3.95. The van der Waals surface area contributed by atoms with Crippen LogP contribution in [-0.2, 0) is 4.74 Å². The number of fused-ring (bicyclic) bond motifs is 3. The monoisotopic (exact) mass is 308 g/mol. The van der Waals surface area contributed by atoms with E-state index < -0.39 is 5.60 Å². The fraction of sp³-hybridized carbons (Fsp3) is 0.750. The van der Waals surface area contributed by atoms with E-state index in [9.17, 15) is 4.79 Å². The fourth-order valence-electron chi connectivity index (χ4n) is 3.65. The average Bonchev–Trinajstić information content (AvgIpc) is 2.83. The highest BCUT2D eigenvalue weighted by atomic mass is 32.1. The maximum atomic E-state index is 12.4. The highest BCUT2D eigenvalue weighted by molar-refractivity contribution is 7.09. The van der Waals surface area contributed by atoms with Crippen molar-refractivity contribution in [2.45, 2.75) is 64.5 Å². The van der Waals surface area contributed by atoms with E-state index in [-0.39, 0.29) is 6.09 Å². The lowest BCUT2D eigenvalue weighted by Gasteiger charge is -2.49. The molecular formula is C16H24N2O2S. The van der Waals surface area contributed by atoms with Gasteiger partial charge >= 0.3 is 6.09 Å². The molecule has 116 valence electrons. The van der Waals surface area contributed by atoms with E-state index in [2.05, 4.69) is 11.9 Å². The summed E-state index contributed by atoms with van der Waals surface area (Å²) in [6, 6.07) is 0.330. The molecule has 1 aliphatic carbocycles. The van der Waals surface area contributed by atoms with Crippen molar-refractivity contribution in [3.05, 3.63) is 16.1 Å². The summed E-state index contributed by atoms with van der Waals surface area (Å²) in [5, 5.41) is 0. The Kier molecular flexibility index (Phi) is 3.72. The molecule has 3 fully saturated rings. The molecule has 1 saturated carbocycles. The number of thiazole rings is 1. The number of amides is 1. The second kappa shape index (κ2) is 5.27. The summed E-state index contributed by atoms with van der Waals surface area (Å²) in [6.45, 7) is 8.71. The first-order valence-electron chi connectivity index (χ1n) is 7.75. The summed E-state index contributed by atoms with van der Waals surface area (Å²) in [5.41, 5.74) is 2.70. The molecule has 3 aliphatic rings. The number of piperidine rings is 2. The minimum absolute atomic E-state index is 0.142. The molecule has 0 N–H and O–H groups in total. The van der Waals surface area contributed by atoms with Gasteiger partial charge in [-0.1, -0.05) is 0 Å². The number of aromatic nitrogens is 1. The van der Waals surface area contributed by atoms with Crippen LogP contribution in [0.1, 0.15) is 56.5 Å². The summed E-state index contributed by atoms with van der Waals surface area (Å²) in [7, 11) is 0. The fourth-order valence-corrected chi connectivity index (χ4v) is 4.66. The Bertz CT molecular complexity index is 535. The molecule has 3 unspecified atom stereocenters. The van der Waals surface area contributed by atoms with Gasteiger partial charge in [0.2, 0.25) is 0 Å². The Balaban J connectivity index is 1.72. The molecule has 1 aromatic heterocycles. The molecule has 1 amide bonds. The molecule has 2 saturated heterocycles. The maximum absolute atomic E-state index is 12.4. The van der Waals surface area contributed by atoms with Gasteiger partial charge in [0.15, 0.2) is 0 Å². The number of nitrogens with zero attached hydrogens (tertiary/aromatic N) is 2. The second-order valence-electron chi connectivity index (χ2n) is 7.27. The molecule has 0 spiro atoms. The predicted molar refractivity (Wildman–Crippen MR) is 83.7 cm³/mol. The summed E-state index contributed by atoms with van der Waals surface area (Å²) < 4.78 is 5.56. The maximum Gasteiger partial charge on any atom is 0.410 e. The van der Waals surface area contributed by atoms with E-state index in [0.29, 0.717) is 17.9 Å². The van der Waals surface area contributed by atoms with Crippen LogP contribution in [0.5, 0.6) is 0 Å². The van der Waals surface area contributed by atoms with Gasteiger partial charge in [0.25, 0.3) is 0 Å². The van der Waals surface area contributed by atoms with Gasteiger partial charge < -0.3 is 9.64 Å². The summed E-state index contributed by atoms with van der Waals surface area (Å²) >= 11 is 1.77. The van der Waals surface area contributed by atoms with Gasteiger partial charge in [-0.25, -0.2) is 9.78 Å². The van der Waals surface area contributed by atoms with E-state index >= 15 is 0 Å². The van der Waals surface area contributed by atoms with Crippen molar-refractivity contribution in [3.63, 3.8) is 0 Å². The van der Waals surface area contributed by atoms with Crippen LogP contribution >= 0.6 is 11.3 Å². The molecule has 3 heterocycles. The van der Waals surface area contributed by atoms with E-state index in [1.807, 2.05) is 31.2 Å². The van der Waals surface area contributed by atoms with Crippen molar-refractivity contribution in [2.24, 2.45) is 5.92 Å². The molecule has 1 aromatic rings. The van der Waals surface area contributed by atoms with E-state index in [4.69, 9.17) is 4.74 Å². The van der Waals surface area contributed by atoms with E-state index in [0.717, 1.165) is 19.4 Å². The number of hydrogen-bond donors (Lipinski definition) is 0. The third-order valence-electron chi connectivity index (χ3n) is 4.59. The number of aryl methyl sites for hydroxylation is 1. The molecular weight excluding hydrogens is 284 g/mol. The third-order valence-corrected chi connectivity index (χ3v) is 5.65. The SMILES string of the molecule is Cc1ncsc1C1CC2CCC1CN2C(=O)OC(C)(C)C. The van der Waals surface area contributed by atoms with Crippen molar-refractivity contribution in [1.29, 1.82) is 0 Å². The van der Waals surface area contributed by atoms with Gasteiger partial charge in [0.1, 0.15) is 5.60 Å². The Morgan fingerprint density at radius 3 is 2.71 bits per heavy atom. The summed E-state index contributed by atoms with van der Waals surface area (Å²) in [5.74, 6) is 1.14. The zero-order chi connectivity index (χ0) is 15.2. The van der Waals surface area contributed by atoms with E-state index in [1.54, 1.807) is 11.3 Å². The third kappa shape index (κ3) is 2.93. The highest BCUT2D eigenvalue weighted by Crippen LogP contribution is 2.46. The first-order chi connectivity index (χ1) is 9.85. The molecule has 21 heavy (non-hydrogen) atoms. The van der Waals surface area contributed by atoms with Crippen LogP contribution in [0.25, 0.3) is 0 Å². The topological polar surface area (TPSA) is 42.4 Å². The largest absolute Gasteiger partial charge is 0.444 e. The van der Waals surface area contributed by atoms with E-state index in [1.165, 1.54) is 17.0 Å². The first kappa shape index (κ1) is 14.8. The lowest BCUT2D eigenvalue weighted by atomic mass is 9.71. The van der Waals surface area contributed by atoms with Crippen LogP contribution in [0.2, 0.25) is 0 Å². The second-order valence-corrected chi connectivity index (χ2v) is 8.15. The molecule has 2 bridgehead atoms. The summed E-state index contributed by atoms with van der Waals surface area (Å²) in [4.78, 5) is 20.1. The quantitative estimate of drug-likeness (QED) is 0.789. The molecule has 0 aromatic carbocycles. The normalized spacial score (nSPS) is 28.8. The zero-order valence-electron chi connectivity index (χ0n) is 13.3. The summed E-state index contributed by atoms with van der Waals surface area (Å²) in [6.07, 6.45) is 3.24. The van der Waals surface area contributed by atoms with Gasteiger partial charge in [-0.2, -0.15) is 0 Å². The standard InChI is InChI=1S/C16H24N2O2S/c1-10-14(21-9-17-10)13-7-12-6-5-11(13)8-18(12)15(19)20-16(2,3)4/h9,11-13H,5-8H2,1-4H3. The molecule has 4 nitrogen and oxygen atoms in total. The lowest BCUT2D eigenvalue weighted by Crippen LogP contribution is -2.54. The average molecular weight is 308 g/mol. The van der Waals surface area contributed by atoms with Crippen LogP contribution in [-0.4, -0.2) is 34.2 Å². The Labute approximate surface area is 130 Å². The minimum atomic E-state index is -0.415. The number of carbonyl (C=O) groups is 1. The Hall–Kier alpha value is -1.10. The van der Waals surface area contributed by atoms with Crippen LogP contribution in [0.3, 0.4) is 0 Å². The Morgan fingerprint density at radius 2 is 2.19 bits per heavy atom. The van der Waals surface area contributed by atoms with Crippen LogP contribution < -0.4 is 0 Å². The molecule has 3 atom stereocenters. The zero-order valence-corrected chi connectivity index (χ0v) is 14.1. The van der Waals surface area contributed by atoms with Crippen LogP contribution in [0.15, 0.2) is 5.51 Å². The van der Waals surface area contributed by atoms with Gasteiger partial charge in [0, 0.05) is 23.4 Å². The molecule has 4 rings (SSSR count). The van der Waals surface area contributed by atoms with Crippen molar-refractivity contribution in [2.75, 3.05) is 6.54 Å². The molecule has 2 aliphatic heterocycles. The molecule has 5 heteroatoms. The van der Waals surface area contributed by atoms with Crippen LogP contribution in [0.4, 0.5) is 4.79 Å². The number of carbonyl (C=O) groups excluding carboxylic acids is 1. The van der Waals surface area contributed by atoms with Gasteiger partial charge in [-0.05, 0) is 52.9 Å².